The normalized spacial score (nSPS) is 16.9. The predicted octanol–water partition coefficient (Wildman–Crippen LogP) is 15.2. The molecule has 0 aromatic carbocycles. The molecule has 8 aromatic rings. The molecule has 14 rings (SSSR count). The quantitative estimate of drug-likeness (QED) is 0.0548. The summed E-state index contributed by atoms with van der Waals surface area (Å²) in [5, 5.41) is 0. The Kier molecular flexibility index (Phi) is 16.7. The molecule has 20 heteroatoms. The molecular formula is C78H76N10O10. The van der Waals surface area contributed by atoms with Crippen molar-refractivity contribution in [1.82, 2.24) is 49.8 Å². The van der Waals surface area contributed by atoms with Gasteiger partial charge in [0.1, 0.15) is 13.2 Å². The molecule has 12 heterocycles. The van der Waals surface area contributed by atoms with Gasteiger partial charge in [-0.2, -0.15) is 0 Å². The zero-order valence-electron chi connectivity index (χ0n) is 57.1. The van der Waals surface area contributed by atoms with Crippen LogP contribution >= 0.6 is 0 Å². The Bertz CT molecular complexity index is 4940. The molecule has 98 heavy (non-hydrogen) atoms. The van der Waals surface area contributed by atoms with Crippen LogP contribution in [0.1, 0.15) is 235 Å². The number of hydrogen-bond acceptors (Lipinski definition) is 16. The molecule has 4 atom stereocenters. The van der Waals surface area contributed by atoms with Crippen LogP contribution in [0.25, 0.3) is 77.8 Å². The van der Waals surface area contributed by atoms with E-state index < -0.39 is 11.9 Å². The molecule has 0 amide bonds. The molecule has 0 saturated carbocycles. The summed E-state index contributed by atoms with van der Waals surface area (Å²) >= 11 is 0. The van der Waals surface area contributed by atoms with Gasteiger partial charge in [-0.05, 0) is 172 Å². The van der Waals surface area contributed by atoms with Gasteiger partial charge in [0, 0.05) is 140 Å². The summed E-state index contributed by atoms with van der Waals surface area (Å²) in [5.74, 6) is -2.47. The van der Waals surface area contributed by atoms with E-state index in [-0.39, 0.29) is 97.2 Å². The number of esters is 4. The Morgan fingerprint density at radius 2 is 0.867 bits per heavy atom. The molecular weight excluding hydrogens is 1240 g/mol. The van der Waals surface area contributed by atoms with Gasteiger partial charge in [-0.3, -0.25) is 39.1 Å². The third kappa shape index (κ3) is 11.1. The summed E-state index contributed by atoms with van der Waals surface area (Å²) < 4.78 is 22.6. The lowest BCUT2D eigenvalue weighted by molar-refractivity contribution is -0.141. The van der Waals surface area contributed by atoms with Gasteiger partial charge < -0.3 is 38.9 Å². The van der Waals surface area contributed by atoms with Crippen molar-refractivity contribution in [2.75, 3.05) is 14.2 Å². The number of nitrogens with zero attached hydrogens (tertiary/aromatic N) is 6. The van der Waals surface area contributed by atoms with Crippen molar-refractivity contribution in [3.8, 4) is 11.4 Å². The lowest BCUT2D eigenvalue weighted by Gasteiger charge is -2.16. The highest BCUT2D eigenvalue weighted by Gasteiger charge is 2.38. The van der Waals surface area contributed by atoms with Gasteiger partial charge in [-0.25, -0.2) is 19.6 Å². The minimum absolute atomic E-state index is 0.0204. The van der Waals surface area contributed by atoms with E-state index in [1.807, 2.05) is 64.1 Å². The Morgan fingerprint density at radius 1 is 0.480 bits per heavy atom. The van der Waals surface area contributed by atoms with Crippen LogP contribution in [0.4, 0.5) is 0 Å². The molecule has 0 radical (unpaired) electrons. The van der Waals surface area contributed by atoms with Crippen LogP contribution in [-0.2, 0) is 54.6 Å². The minimum atomic E-state index is -0.613. The van der Waals surface area contributed by atoms with Crippen molar-refractivity contribution in [3.63, 3.8) is 0 Å². The highest BCUT2D eigenvalue weighted by molar-refractivity contribution is 6.14. The van der Waals surface area contributed by atoms with Crippen molar-refractivity contribution >= 4 is 102 Å². The van der Waals surface area contributed by atoms with E-state index in [1.165, 1.54) is 26.6 Å². The molecule has 2 aliphatic carbocycles. The van der Waals surface area contributed by atoms with Crippen molar-refractivity contribution in [2.24, 2.45) is 0 Å². The largest absolute Gasteiger partial charge is 0.469 e. The maximum atomic E-state index is 14.3. The first kappa shape index (κ1) is 64.6. The van der Waals surface area contributed by atoms with Crippen molar-refractivity contribution in [3.05, 3.63) is 185 Å². The van der Waals surface area contributed by atoms with Gasteiger partial charge in [0.15, 0.2) is 11.6 Å². The number of fused-ring (bicyclic) bond motifs is 16. The first-order chi connectivity index (χ1) is 47.1. The number of aromatic amines is 4. The first-order valence-corrected chi connectivity index (χ1v) is 33.5. The Labute approximate surface area is 565 Å². The van der Waals surface area contributed by atoms with Crippen LogP contribution in [0, 0.1) is 27.7 Å². The monoisotopic (exact) mass is 1310 g/mol. The van der Waals surface area contributed by atoms with Crippen molar-refractivity contribution in [1.29, 1.82) is 0 Å². The Balaban J connectivity index is 0.769. The van der Waals surface area contributed by atoms with E-state index in [4.69, 9.17) is 38.9 Å². The van der Waals surface area contributed by atoms with Gasteiger partial charge in [0.25, 0.3) is 0 Å². The number of H-pyrrole nitrogens is 4. The van der Waals surface area contributed by atoms with Gasteiger partial charge in [-0.1, -0.05) is 27.7 Å². The van der Waals surface area contributed by atoms with E-state index in [2.05, 4.69) is 71.4 Å². The highest BCUT2D eigenvalue weighted by Crippen LogP contribution is 2.47. The third-order valence-corrected chi connectivity index (χ3v) is 21.2. The summed E-state index contributed by atoms with van der Waals surface area (Å²) in [6.45, 7) is 20.1. The number of carbonyl (C=O) groups excluding carboxylic acids is 6. The molecule has 6 aliphatic rings. The van der Waals surface area contributed by atoms with E-state index in [0.717, 1.165) is 145 Å². The smallest absolute Gasteiger partial charge is 0.338 e. The second-order valence-electron chi connectivity index (χ2n) is 26.5. The molecule has 0 saturated heterocycles. The average Bonchev–Trinajstić information content (AvgIpc) is 1.59. The number of pyridine rings is 2. The number of aryl methyl sites for hydroxylation is 4. The van der Waals surface area contributed by atoms with Gasteiger partial charge in [0.2, 0.25) is 0 Å². The number of allylic oxidation sites excluding steroid dienone is 4. The number of hydrogen-bond donors (Lipinski definition) is 4. The summed E-state index contributed by atoms with van der Waals surface area (Å²) in [6.07, 6.45) is 6.12. The van der Waals surface area contributed by atoms with Crippen LogP contribution in [0.3, 0.4) is 0 Å². The van der Waals surface area contributed by atoms with Gasteiger partial charge in [0.05, 0.1) is 81.9 Å². The topological polar surface area (TPSA) is 280 Å². The van der Waals surface area contributed by atoms with Crippen LogP contribution in [-0.4, -0.2) is 99.5 Å². The van der Waals surface area contributed by atoms with Crippen molar-refractivity contribution < 1.29 is 47.7 Å². The van der Waals surface area contributed by atoms with E-state index in [0.29, 0.717) is 59.2 Å². The fraction of sp³-hybridized carbons (Fsp3) is 0.333. The molecule has 4 aliphatic heterocycles. The van der Waals surface area contributed by atoms with Crippen LogP contribution in [0.5, 0.6) is 0 Å². The fourth-order valence-corrected chi connectivity index (χ4v) is 15.4. The van der Waals surface area contributed by atoms with Crippen molar-refractivity contribution in [2.45, 2.75) is 157 Å². The Morgan fingerprint density at radius 3 is 1.26 bits per heavy atom. The standard InChI is InChI=1S/C78H76N10O10/c1-13-45-35(3)55-29-63-51(39(7)53(83-63)27-57-37(5)47(15-17-69(91)95-11)73(85-57)49-25-67(89)71-41(9)59(87-75(49)71)31-61(45)81-55)33-97-77(93)43-19-21-79-65(23-43)66-24-44(20-22-80-66)78(94)98-34-52-40(8)54-28-58-38(6)48(16-18-70(92)96-12)74(86-58)50-26-68(90)72-42(10)60(88-76(50)72)32-62-46(14-2)36(4)56(82-62)30-64(52)84-54/h19-24,27-32,37-38,47-48,83-84,87-88H,13-18,25-26,33-34H2,1-12H3. The number of ether oxygens (including phenoxy) is 4. The molecule has 0 spiro atoms. The SMILES string of the molecule is CCC1=C(C)c2cc3[nH]c(cc4nc(c5c6[nH]c(cc1n2)c(C)c6C(=O)C5)C(CCC(=O)OC)C4C)c(C)c3COC(=O)c1ccnc(-c2cc(C(=O)OCc3c(C)c4cc5nc(c6c7[nH]c(cc8nc(cc3[nH]4)C(C)=C8CC)c(C)c7C(=O)C6)C(CCC(=O)OC)C5C)ccn2)c1. The average molecular weight is 1310 g/mol. The second-order valence-corrected chi connectivity index (χ2v) is 26.5. The van der Waals surface area contributed by atoms with Gasteiger partial charge >= 0.3 is 23.9 Å². The molecule has 0 fully saturated rings. The summed E-state index contributed by atoms with van der Waals surface area (Å²) in [5.41, 5.74) is 25.2. The molecule has 8 aromatic heterocycles. The number of ketones is 2. The number of Topliss-reactive ketones (excluding diaryl/α,β-unsaturated/α-hetero) is 2. The maximum Gasteiger partial charge on any atom is 0.338 e. The Hall–Kier alpha value is -10.8. The number of carbonyl (C=O) groups is 6. The second kappa shape index (κ2) is 25.3. The molecule has 498 valence electrons. The number of aromatic nitrogens is 10. The third-order valence-electron chi connectivity index (χ3n) is 21.2. The summed E-state index contributed by atoms with van der Waals surface area (Å²) in [6, 6.07) is 18.3. The summed E-state index contributed by atoms with van der Waals surface area (Å²) in [7, 11) is 2.77. The zero-order chi connectivity index (χ0) is 68.9. The first-order valence-electron chi connectivity index (χ1n) is 33.5. The number of nitrogens with one attached hydrogen (secondary N) is 4. The lowest BCUT2D eigenvalue weighted by atomic mass is 9.85. The zero-order valence-corrected chi connectivity index (χ0v) is 57.1. The molecule has 20 nitrogen and oxygen atoms in total. The lowest BCUT2D eigenvalue weighted by Crippen LogP contribution is -2.09. The van der Waals surface area contributed by atoms with Crippen LogP contribution < -0.4 is 0 Å². The van der Waals surface area contributed by atoms with Crippen LogP contribution in [0.15, 0.2) is 73.1 Å². The minimum Gasteiger partial charge on any atom is -0.469 e. The summed E-state index contributed by atoms with van der Waals surface area (Å²) in [4.78, 5) is 126. The number of rotatable bonds is 15. The van der Waals surface area contributed by atoms with E-state index >= 15 is 0 Å². The number of methoxy groups -OCH3 is 2. The molecule has 16 bridgehead atoms. The fourth-order valence-electron chi connectivity index (χ4n) is 15.4. The van der Waals surface area contributed by atoms with Gasteiger partial charge in [-0.15, -0.1) is 0 Å². The predicted molar refractivity (Wildman–Crippen MR) is 373 cm³/mol. The molecule has 4 N–H and O–H groups in total. The van der Waals surface area contributed by atoms with E-state index in [9.17, 15) is 28.8 Å². The molecule has 4 unspecified atom stereocenters. The van der Waals surface area contributed by atoms with Crippen LogP contribution in [0.2, 0.25) is 0 Å². The maximum absolute atomic E-state index is 14.3. The highest BCUT2D eigenvalue weighted by atomic mass is 16.5. The van der Waals surface area contributed by atoms with E-state index in [1.54, 1.807) is 24.3 Å².